The Hall–Kier alpha value is -1.35. The number of nitrogens with one attached hydrogen (secondary N) is 1. The lowest BCUT2D eigenvalue weighted by Gasteiger charge is -2.39. The van der Waals surface area contributed by atoms with E-state index in [1.165, 1.54) is 17.5 Å². The third kappa shape index (κ3) is 2.47. The second kappa shape index (κ2) is 5.21. The van der Waals surface area contributed by atoms with Crippen molar-refractivity contribution in [3.05, 3.63) is 34.9 Å². The van der Waals surface area contributed by atoms with Gasteiger partial charge in [-0.1, -0.05) is 26.3 Å². The van der Waals surface area contributed by atoms with Gasteiger partial charge in [-0.25, -0.2) is 0 Å². The van der Waals surface area contributed by atoms with E-state index in [1.54, 1.807) is 0 Å². The highest BCUT2D eigenvalue weighted by Gasteiger charge is 2.30. The molecule has 1 saturated heterocycles. The van der Waals surface area contributed by atoms with Crippen LogP contribution < -0.4 is 5.32 Å². The zero-order valence-electron chi connectivity index (χ0n) is 12.5. The Morgan fingerprint density at radius 2 is 1.95 bits per heavy atom. The van der Waals surface area contributed by atoms with Crippen LogP contribution >= 0.6 is 0 Å². The summed E-state index contributed by atoms with van der Waals surface area (Å²) >= 11 is 0. The van der Waals surface area contributed by atoms with Gasteiger partial charge >= 0.3 is 0 Å². The van der Waals surface area contributed by atoms with Crippen molar-refractivity contribution in [3.8, 4) is 0 Å². The molecule has 0 aliphatic carbocycles. The maximum absolute atomic E-state index is 12.6. The number of benzene rings is 1. The number of likely N-dealkylation sites (tertiary alicyclic amines) is 1. The van der Waals surface area contributed by atoms with Crippen molar-refractivity contribution < 1.29 is 4.79 Å². The zero-order chi connectivity index (χ0) is 14.2. The van der Waals surface area contributed by atoms with Gasteiger partial charge < -0.3 is 10.2 Å². The summed E-state index contributed by atoms with van der Waals surface area (Å²) in [5, 5.41) is 3.33. The van der Waals surface area contributed by atoms with E-state index < -0.39 is 0 Å². The minimum atomic E-state index is 0.206. The number of carbonyl (C=O) groups is 1. The average Bonchev–Trinajstić information content (AvgIpc) is 2.94. The van der Waals surface area contributed by atoms with Crippen molar-refractivity contribution in [1.82, 2.24) is 10.2 Å². The lowest BCUT2D eigenvalue weighted by atomic mass is 9.78. The molecule has 1 fully saturated rings. The van der Waals surface area contributed by atoms with Crippen LogP contribution in [-0.2, 0) is 13.1 Å². The van der Waals surface area contributed by atoms with Gasteiger partial charge in [-0.2, -0.15) is 0 Å². The second-order valence-electron chi connectivity index (χ2n) is 6.54. The van der Waals surface area contributed by atoms with Crippen LogP contribution in [0.1, 0.15) is 54.6 Å². The molecule has 3 rings (SSSR count). The summed E-state index contributed by atoms with van der Waals surface area (Å²) in [5.74, 6) is 0.206. The Labute approximate surface area is 121 Å². The van der Waals surface area contributed by atoms with Crippen LogP contribution in [0.5, 0.6) is 0 Å². The SMILES string of the molecule is CCC1(C)CCN(C(=O)c2ccc3c(c2)CNC3)CC1. The highest BCUT2D eigenvalue weighted by atomic mass is 16.2. The van der Waals surface area contributed by atoms with Gasteiger partial charge in [0.25, 0.3) is 5.91 Å². The van der Waals surface area contributed by atoms with E-state index >= 15 is 0 Å². The molecule has 0 bridgehead atoms. The summed E-state index contributed by atoms with van der Waals surface area (Å²) in [5.41, 5.74) is 3.90. The predicted molar refractivity (Wildman–Crippen MR) is 80.5 cm³/mol. The topological polar surface area (TPSA) is 32.3 Å². The summed E-state index contributed by atoms with van der Waals surface area (Å²) in [6.45, 7) is 8.23. The fourth-order valence-electron chi connectivity index (χ4n) is 3.21. The van der Waals surface area contributed by atoms with Crippen LogP contribution in [0.2, 0.25) is 0 Å². The summed E-state index contributed by atoms with van der Waals surface area (Å²) in [6, 6.07) is 6.16. The number of rotatable bonds is 2. The minimum Gasteiger partial charge on any atom is -0.339 e. The third-order valence-corrected chi connectivity index (χ3v) is 5.20. The number of amides is 1. The normalized spacial score (nSPS) is 20.8. The monoisotopic (exact) mass is 272 g/mol. The molecule has 0 unspecified atom stereocenters. The van der Waals surface area contributed by atoms with Crippen LogP contribution in [0.4, 0.5) is 0 Å². The van der Waals surface area contributed by atoms with Gasteiger partial charge in [-0.05, 0) is 41.5 Å². The highest BCUT2D eigenvalue weighted by molar-refractivity contribution is 5.94. The maximum Gasteiger partial charge on any atom is 0.253 e. The fraction of sp³-hybridized carbons (Fsp3) is 0.588. The van der Waals surface area contributed by atoms with Crippen molar-refractivity contribution in [2.75, 3.05) is 13.1 Å². The number of nitrogens with zero attached hydrogens (tertiary/aromatic N) is 1. The molecule has 1 aromatic carbocycles. The van der Waals surface area contributed by atoms with E-state index in [9.17, 15) is 4.79 Å². The molecule has 3 nitrogen and oxygen atoms in total. The fourth-order valence-corrected chi connectivity index (χ4v) is 3.21. The van der Waals surface area contributed by atoms with Crippen molar-refractivity contribution in [1.29, 1.82) is 0 Å². The molecular weight excluding hydrogens is 248 g/mol. The van der Waals surface area contributed by atoms with Gasteiger partial charge in [0.2, 0.25) is 0 Å². The van der Waals surface area contributed by atoms with Crippen molar-refractivity contribution >= 4 is 5.91 Å². The predicted octanol–water partition coefficient (Wildman–Crippen LogP) is 2.94. The van der Waals surface area contributed by atoms with Crippen LogP contribution in [0, 0.1) is 5.41 Å². The molecule has 2 aliphatic heterocycles. The summed E-state index contributed by atoms with van der Waals surface area (Å²) < 4.78 is 0. The molecule has 1 amide bonds. The van der Waals surface area contributed by atoms with Crippen LogP contribution in [0.3, 0.4) is 0 Å². The van der Waals surface area contributed by atoms with Crippen LogP contribution in [-0.4, -0.2) is 23.9 Å². The zero-order valence-corrected chi connectivity index (χ0v) is 12.5. The van der Waals surface area contributed by atoms with Crippen molar-refractivity contribution in [2.24, 2.45) is 5.41 Å². The molecule has 0 saturated carbocycles. The van der Waals surface area contributed by atoms with Crippen molar-refractivity contribution in [2.45, 2.75) is 46.2 Å². The summed E-state index contributed by atoms with van der Waals surface area (Å²) in [7, 11) is 0. The van der Waals surface area contributed by atoms with Gasteiger partial charge in [0.1, 0.15) is 0 Å². The van der Waals surface area contributed by atoms with E-state index in [2.05, 4.69) is 31.3 Å². The molecule has 1 aromatic rings. The van der Waals surface area contributed by atoms with Crippen LogP contribution in [0.25, 0.3) is 0 Å². The minimum absolute atomic E-state index is 0.206. The van der Waals surface area contributed by atoms with Crippen LogP contribution in [0.15, 0.2) is 18.2 Å². The van der Waals surface area contributed by atoms with E-state index in [-0.39, 0.29) is 5.91 Å². The first-order valence-electron chi connectivity index (χ1n) is 7.73. The lowest BCUT2D eigenvalue weighted by molar-refractivity contribution is 0.0600. The van der Waals surface area contributed by atoms with E-state index in [0.717, 1.165) is 44.6 Å². The quantitative estimate of drug-likeness (QED) is 0.897. The Balaban J connectivity index is 1.71. The molecule has 3 heteroatoms. The Bertz CT molecular complexity index is 516. The Kier molecular flexibility index (Phi) is 3.55. The number of piperidine rings is 1. The first kappa shape index (κ1) is 13.6. The van der Waals surface area contributed by atoms with Gasteiger partial charge in [-0.15, -0.1) is 0 Å². The Morgan fingerprint density at radius 1 is 1.25 bits per heavy atom. The van der Waals surface area contributed by atoms with Crippen molar-refractivity contribution in [3.63, 3.8) is 0 Å². The molecule has 2 aliphatic rings. The van der Waals surface area contributed by atoms with E-state index in [0.29, 0.717) is 5.41 Å². The number of fused-ring (bicyclic) bond motifs is 1. The number of hydrogen-bond acceptors (Lipinski definition) is 2. The van der Waals surface area contributed by atoms with Gasteiger partial charge in [0, 0.05) is 31.7 Å². The summed E-state index contributed by atoms with van der Waals surface area (Å²) in [4.78, 5) is 14.6. The molecule has 0 atom stereocenters. The molecule has 2 heterocycles. The summed E-state index contributed by atoms with van der Waals surface area (Å²) in [6.07, 6.45) is 3.46. The maximum atomic E-state index is 12.6. The molecule has 0 spiro atoms. The second-order valence-corrected chi connectivity index (χ2v) is 6.54. The Morgan fingerprint density at radius 3 is 2.65 bits per heavy atom. The van der Waals surface area contributed by atoms with Gasteiger partial charge in [0.05, 0.1) is 0 Å². The molecular formula is C17H24N2O. The lowest BCUT2D eigenvalue weighted by Crippen LogP contribution is -2.41. The van der Waals surface area contributed by atoms with Gasteiger partial charge in [-0.3, -0.25) is 4.79 Å². The van der Waals surface area contributed by atoms with E-state index in [1.807, 2.05) is 11.0 Å². The highest BCUT2D eigenvalue weighted by Crippen LogP contribution is 2.34. The number of carbonyl (C=O) groups excluding carboxylic acids is 1. The molecule has 20 heavy (non-hydrogen) atoms. The average molecular weight is 272 g/mol. The smallest absolute Gasteiger partial charge is 0.253 e. The van der Waals surface area contributed by atoms with Gasteiger partial charge in [0.15, 0.2) is 0 Å². The molecule has 0 radical (unpaired) electrons. The van der Waals surface area contributed by atoms with E-state index in [4.69, 9.17) is 0 Å². The first-order valence-corrected chi connectivity index (χ1v) is 7.73. The number of hydrogen-bond donors (Lipinski definition) is 1. The first-order chi connectivity index (χ1) is 9.61. The largest absolute Gasteiger partial charge is 0.339 e. The molecule has 108 valence electrons. The third-order valence-electron chi connectivity index (χ3n) is 5.20. The molecule has 0 aromatic heterocycles. The molecule has 1 N–H and O–H groups in total. The standard InChI is InChI=1S/C17H24N2O/c1-3-17(2)6-8-19(9-7-17)16(20)13-4-5-14-11-18-12-15(14)10-13/h4-5,10,18H,3,6-9,11-12H2,1-2H3.